The molecular weight excluding hydrogens is 270 g/mol. The van der Waals surface area contributed by atoms with Crippen molar-refractivity contribution in [2.24, 2.45) is 17.4 Å². The van der Waals surface area contributed by atoms with Gasteiger partial charge in [0.15, 0.2) is 0 Å². The van der Waals surface area contributed by atoms with Gasteiger partial charge < -0.3 is 21.5 Å². The molecule has 6 heteroatoms. The van der Waals surface area contributed by atoms with Gasteiger partial charge in [-0.25, -0.2) is 0 Å². The quantitative estimate of drug-likeness (QED) is 0.664. The van der Waals surface area contributed by atoms with Crippen molar-refractivity contribution in [3.05, 3.63) is 24.3 Å². The van der Waals surface area contributed by atoms with Gasteiger partial charge in [0, 0.05) is 12.5 Å². The molecule has 1 unspecified atom stereocenters. The van der Waals surface area contributed by atoms with E-state index in [1.54, 1.807) is 24.3 Å². The van der Waals surface area contributed by atoms with Crippen LogP contribution in [0.15, 0.2) is 24.3 Å². The molecule has 1 aromatic carbocycles. The third-order valence-electron chi connectivity index (χ3n) is 3.42. The van der Waals surface area contributed by atoms with Crippen molar-refractivity contribution in [3.63, 3.8) is 0 Å². The highest BCUT2D eigenvalue weighted by molar-refractivity contribution is 5.92. The maximum absolute atomic E-state index is 12.0. The number of benzene rings is 1. The Kier molecular flexibility index (Phi) is 5.16. The molecule has 2 amide bonds. The van der Waals surface area contributed by atoms with Gasteiger partial charge in [-0.2, -0.15) is 0 Å². The van der Waals surface area contributed by atoms with E-state index in [0.29, 0.717) is 23.8 Å². The molecule has 0 aliphatic heterocycles. The summed E-state index contributed by atoms with van der Waals surface area (Å²) >= 11 is 0. The first-order valence-corrected chi connectivity index (χ1v) is 7.12. The van der Waals surface area contributed by atoms with Gasteiger partial charge in [0.2, 0.25) is 11.8 Å². The molecule has 1 saturated carbocycles. The molecule has 1 aromatic rings. The lowest BCUT2D eigenvalue weighted by Gasteiger charge is -2.14. The number of anilines is 1. The van der Waals surface area contributed by atoms with Gasteiger partial charge in [-0.3, -0.25) is 9.59 Å². The average molecular weight is 291 g/mol. The summed E-state index contributed by atoms with van der Waals surface area (Å²) in [6, 6.07) is 7.01. The highest BCUT2D eigenvalue weighted by atomic mass is 16.5. The normalized spacial score (nSPS) is 15.3. The first-order valence-electron chi connectivity index (χ1n) is 7.12. The number of primary amides is 1. The van der Waals surface area contributed by atoms with E-state index in [4.69, 9.17) is 16.2 Å². The number of amides is 2. The van der Waals surface area contributed by atoms with Crippen LogP contribution < -0.4 is 21.5 Å². The van der Waals surface area contributed by atoms with Crippen molar-refractivity contribution < 1.29 is 14.3 Å². The number of ether oxygens (including phenoxy) is 1. The van der Waals surface area contributed by atoms with Gasteiger partial charge in [-0.1, -0.05) is 12.1 Å². The fraction of sp³-hybridized carbons (Fsp3) is 0.467. The third kappa shape index (κ3) is 5.07. The highest BCUT2D eigenvalue weighted by Crippen LogP contribution is 2.33. The Hall–Kier alpha value is -2.08. The van der Waals surface area contributed by atoms with E-state index in [1.807, 2.05) is 0 Å². The fourth-order valence-corrected chi connectivity index (χ4v) is 2.06. The minimum absolute atomic E-state index is 0.0760. The summed E-state index contributed by atoms with van der Waals surface area (Å²) in [6.45, 7) is 0.184. The molecule has 0 aromatic heterocycles. The van der Waals surface area contributed by atoms with E-state index in [1.165, 1.54) is 0 Å². The van der Waals surface area contributed by atoms with Crippen LogP contribution in [0, 0.1) is 5.92 Å². The number of nitrogens with one attached hydrogen (secondary N) is 1. The van der Waals surface area contributed by atoms with Crippen LogP contribution in [0.4, 0.5) is 5.69 Å². The first kappa shape index (κ1) is 15.3. The Morgan fingerprint density at radius 3 is 2.71 bits per heavy atom. The maximum Gasteiger partial charge on any atom is 0.226 e. The van der Waals surface area contributed by atoms with Crippen LogP contribution in [-0.2, 0) is 9.59 Å². The summed E-state index contributed by atoms with van der Waals surface area (Å²) in [7, 11) is 0. The lowest BCUT2D eigenvalue weighted by Crippen LogP contribution is -2.29. The SMILES string of the molecule is NC(=O)CCOc1ccccc1NC(=O)CC(N)C1CC1. The first-order chi connectivity index (χ1) is 10.1. The molecule has 1 fully saturated rings. The molecule has 0 heterocycles. The maximum atomic E-state index is 12.0. The number of carbonyl (C=O) groups excluding carboxylic acids is 2. The zero-order valence-corrected chi connectivity index (χ0v) is 11.9. The minimum atomic E-state index is -0.424. The Morgan fingerprint density at radius 1 is 1.33 bits per heavy atom. The predicted octanol–water partition coefficient (Wildman–Crippen LogP) is 1.01. The Morgan fingerprint density at radius 2 is 2.05 bits per heavy atom. The number of hydrogen-bond acceptors (Lipinski definition) is 4. The molecule has 5 N–H and O–H groups in total. The largest absolute Gasteiger partial charge is 0.491 e. The highest BCUT2D eigenvalue weighted by Gasteiger charge is 2.29. The second-order valence-corrected chi connectivity index (χ2v) is 5.31. The Bertz CT molecular complexity index is 515. The molecule has 0 spiro atoms. The number of para-hydroxylation sites is 2. The molecule has 1 atom stereocenters. The van der Waals surface area contributed by atoms with E-state index in [0.717, 1.165) is 12.8 Å². The molecule has 0 radical (unpaired) electrons. The molecule has 1 aliphatic carbocycles. The predicted molar refractivity (Wildman–Crippen MR) is 79.7 cm³/mol. The smallest absolute Gasteiger partial charge is 0.226 e. The summed E-state index contributed by atoms with van der Waals surface area (Å²) < 4.78 is 5.47. The van der Waals surface area contributed by atoms with Crippen LogP contribution in [0.25, 0.3) is 0 Å². The summed E-state index contributed by atoms with van der Waals surface area (Å²) in [5.41, 5.74) is 11.6. The summed E-state index contributed by atoms with van der Waals surface area (Å²) in [5, 5.41) is 2.80. The Labute approximate surface area is 123 Å². The van der Waals surface area contributed by atoms with Gasteiger partial charge in [0.1, 0.15) is 5.75 Å². The van der Waals surface area contributed by atoms with Crippen LogP contribution in [-0.4, -0.2) is 24.5 Å². The zero-order chi connectivity index (χ0) is 15.2. The Balaban J connectivity index is 1.88. The van der Waals surface area contributed by atoms with Crippen LogP contribution >= 0.6 is 0 Å². The summed E-state index contributed by atoms with van der Waals surface area (Å²) in [6.07, 6.45) is 2.66. The van der Waals surface area contributed by atoms with Crippen molar-refractivity contribution in [1.82, 2.24) is 0 Å². The zero-order valence-electron chi connectivity index (χ0n) is 11.9. The van der Waals surface area contributed by atoms with Gasteiger partial charge in [0.05, 0.1) is 18.7 Å². The standard InChI is InChI=1S/C15H21N3O3/c16-11(10-5-6-10)9-15(20)18-12-3-1-2-4-13(12)21-8-7-14(17)19/h1-4,10-11H,5-9,16H2,(H2,17,19)(H,18,20). The van der Waals surface area contributed by atoms with Crippen molar-refractivity contribution in [3.8, 4) is 5.75 Å². The minimum Gasteiger partial charge on any atom is -0.491 e. The summed E-state index contributed by atoms with van der Waals surface area (Å²) in [5.74, 6) is 0.456. The fourth-order valence-electron chi connectivity index (χ4n) is 2.06. The van der Waals surface area contributed by atoms with Gasteiger partial charge >= 0.3 is 0 Å². The van der Waals surface area contributed by atoms with E-state index < -0.39 is 5.91 Å². The van der Waals surface area contributed by atoms with Crippen molar-refractivity contribution >= 4 is 17.5 Å². The van der Waals surface area contributed by atoms with Gasteiger partial charge in [-0.05, 0) is 30.9 Å². The van der Waals surface area contributed by atoms with Crippen molar-refractivity contribution in [2.75, 3.05) is 11.9 Å². The third-order valence-corrected chi connectivity index (χ3v) is 3.42. The molecular formula is C15H21N3O3. The molecule has 0 bridgehead atoms. The lowest BCUT2D eigenvalue weighted by atomic mass is 10.1. The molecule has 0 saturated heterocycles. The van der Waals surface area contributed by atoms with Crippen LogP contribution in [0.5, 0.6) is 5.75 Å². The van der Waals surface area contributed by atoms with Crippen LogP contribution in [0.1, 0.15) is 25.7 Å². The van der Waals surface area contributed by atoms with Crippen molar-refractivity contribution in [1.29, 1.82) is 0 Å². The van der Waals surface area contributed by atoms with E-state index in [-0.39, 0.29) is 25.0 Å². The van der Waals surface area contributed by atoms with Gasteiger partial charge in [-0.15, -0.1) is 0 Å². The molecule has 21 heavy (non-hydrogen) atoms. The van der Waals surface area contributed by atoms with E-state index in [2.05, 4.69) is 5.32 Å². The van der Waals surface area contributed by atoms with Crippen molar-refractivity contribution in [2.45, 2.75) is 31.7 Å². The van der Waals surface area contributed by atoms with Gasteiger partial charge in [0.25, 0.3) is 0 Å². The van der Waals surface area contributed by atoms with E-state index in [9.17, 15) is 9.59 Å². The summed E-state index contributed by atoms with van der Waals surface area (Å²) in [4.78, 5) is 22.7. The number of hydrogen-bond donors (Lipinski definition) is 3. The number of rotatable bonds is 8. The topological polar surface area (TPSA) is 107 Å². The number of carbonyl (C=O) groups is 2. The van der Waals surface area contributed by atoms with Crippen LogP contribution in [0.3, 0.4) is 0 Å². The molecule has 114 valence electrons. The monoisotopic (exact) mass is 291 g/mol. The second-order valence-electron chi connectivity index (χ2n) is 5.31. The van der Waals surface area contributed by atoms with Crippen LogP contribution in [0.2, 0.25) is 0 Å². The average Bonchev–Trinajstić information content (AvgIpc) is 3.24. The molecule has 6 nitrogen and oxygen atoms in total. The lowest BCUT2D eigenvalue weighted by molar-refractivity contribution is -0.118. The van der Waals surface area contributed by atoms with E-state index >= 15 is 0 Å². The number of nitrogens with two attached hydrogens (primary N) is 2. The molecule has 2 rings (SSSR count). The second kappa shape index (κ2) is 7.08. The molecule has 1 aliphatic rings.